The highest BCUT2D eigenvalue weighted by molar-refractivity contribution is 5.73. The normalized spacial score (nSPS) is 26.8. The molecule has 0 heterocycles. The van der Waals surface area contributed by atoms with Crippen molar-refractivity contribution in [3.05, 3.63) is 0 Å². The van der Waals surface area contributed by atoms with Crippen LogP contribution in [0.3, 0.4) is 0 Å². The van der Waals surface area contributed by atoms with Gasteiger partial charge in [-0.15, -0.1) is 0 Å². The van der Waals surface area contributed by atoms with Crippen molar-refractivity contribution in [2.24, 2.45) is 5.92 Å². The van der Waals surface area contributed by atoms with E-state index < -0.39 is 17.8 Å². The first-order chi connectivity index (χ1) is 9.23. The minimum Gasteiger partial charge on any atom is -0.466 e. The Kier molecular flexibility index (Phi) is 5.80. The Morgan fingerprint density at radius 2 is 1.95 bits per heavy atom. The maximum Gasteiger partial charge on any atom is 0.407 e. The molecule has 6 nitrogen and oxygen atoms in total. The summed E-state index contributed by atoms with van der Waals surface area (Å²) >= 11 is 0. The van der Waals surface area contributed by atoms with Gasteiger partial charge in [0.2, 0.25) is 0 Å². The van der Waals surface area contributed by atoms with Gasteiger partial charge in [-0.2, -0.15) is 0 Å². The molecule has 0 bridgehead atoms. The third-order valence-corrected chi connectivity index (χ3v) is 3.14. The van der Waals surface area contributed by atoms with Crippen molar-refractivity contribution in [3.8, 4) is 0 Å². The molecule has 0 aromatic rings. The quantitative estimate of drug-likeness (QED) is 0.770. The molecule has 0 radical (unpaired) electrons. The first-order valence-corrected chi connectivity index (χ1v) is 7.07. The molecule has 0 unspecified atom stereocenters. The molecule has 116 valence electrons. The lowest BCUT2D eigenvalue weighted by Crippen LogP contribution is -2.49. The number of hydrogen-bond acceptors (Lipinski definition) is 5. The predicted molar refractivity (Wildman–Crippen MR) is 73.1 cm³/mol. The zero-order valence-electron chi connectivity index (χ0n) is 12.6. The van der Waals surface area contributed by atoms with Gasteiger partial charge in [0.05, 0.1) is 24.7 Å². The fourth-order valence-corrected chi connectivity index (χ4v) is 2.25. The van der Waals surface area contributed by atoms with Gasteiger partial charge in [0.15, 0.2) is 0 Å². The van der Waals surface area contributed by atoms with Crippen molar-refractivity contribution >= 4 is 12.1 Å². The molecule has 1 amide bonds. The number of rotatable bonds is 3. The lowest BCUT2D eigenvalue weighted by atomic mass is 9.84. The van der Waals surface area contributed by atoms with Gasteiger partial charge in [-0.1, -0.05) is 0 Å². The van der Waals surface area contributed by atoms with Crippen LogP contribution in [0.5, 0.6) is 0 Å². The number of nitrogens with one attached hydrogen (secondary N) is 1. The van der Waals surface area contributed by atoms with E-state index in [1.807, 2.05) is 0 Å². The summed E-state index contributed by atoms with van der Waals surface area (Å²) in [5.41, 5.74) is -0.572. The van der Waals surface area contributed by atoms with Crippen LogP contribution in [0.4, 0.5) is 4.79 Å². The van der Waals surface area contributed by atoms with Crippen molar-refractivity contribution in [1.82, 2.24) is 5.32 Å². The second-order valence-electron chi connectivity index (χ2n) is 6.08. The molecule has 0 spiro atoms. The Morgan fingerprint density at radius 3 is 2.45 bits per heavy atom. The molecule has 0 saturated heterocycles. The number of aliphatic hydroxyl groups is 1. The Hall–Kier alpha value is -1.30. The average Bonchev–Trinajstić information content (AvgIpc) is 2.29. The van der Waals surface area contributed by atoms with Gasteiger partial charge in [-0.25, -0.2) is 4.79 Å². The summed E-state index contributed by atoms with van der Waals surface area (Å²) in [6.07, 6.45) is 0.126. The smallest absolute Gasteiger partial charge is 0.407 e. The Labute approximate surface area is 119 Å². The number of esters is 1. The van der Waals surface area contributed by atoms with Crippen LogP contribution in [0.25, 0.3) is 0 Å². The minimum absolute atomic E-state index is 0.276. The summed E-state index contributed by atoms with van der Waals surface area (Å²) in [6, 6.07) is -0.379. The molecule has 1 rings (SSSR count). The predicted octanol–water partition coefficient (Wildman–Crippen LogP) is 1.60. The second-order valence-corrected chi connectivity index (χ2v) is 6.08. The first-order valence-electron chi connectivity index (χ1n) is 7.07. The van der Waals surface area contributed by atoms with E-state index in [-0.39, 0.29) is 17.9 Å². The van der Waals surface area contributed by atoms with Gasteiger partial charge in [-0.05, 0) is 47.0 Å². The van der Waals surface area contributed by atoms with E-state index in [4.69, 9.17) is 9.47 Å². The number of ether oxygens (including phenoxy) is 2. The monoisotopic (exact) mass is 287 g/mol. The first kappa shape index (κ1) is 16.8. The molecule has 0 aromatic carbocycles. The molecule has 0 aliphatic heterocycles. The van der Waals surface area contributed by atoms with E-state index in [1.54, 1.807) is 27.7 Å². The van der Waals surface area contributed by atoms with Crippen molar-refractivity contribution in [2.45, 2.75) is 64.7 Å². The summed E-state index contributed by atoms with van der Waals surface area (Å²) in [5, 5.41) is 12.7. The molecular weight excluding hydrogens is 262 g/mol. The van der Waals surface area contributed by atoms with Gasteiger partial charge in [-0.3, -0.25) is 4.79 Å². The van der Waals surface area contributed by atoms with E-state index in [0.29, 0.717) is 25.9 Å². The van der Waals surface area contributed by atoms with E-state index in [1.165, 1.54) is 0 Å². The number of alkyl carbamates (subject to hydrolysis) is 1. The molecule has 1 aliphatic rings. The van der Waals surface area contributed by atoms with Gasteiger partial charge < -0.3 is 19.9 Å². The lowest BCUT2D eigenvalue weighted by Gasteiger charge is -2.33. The Bertz CT molecular complexity index is 350. The van der Waals surface area contributed by atoms with Crippen LogP contribution in [0.2, 0.25) is 0 Å². The van der Waals surface area contributed by atoms with E-state index in [9.17, 15) is 14.7 Å². The van der Waals surface area contributed by atoms with Crippen molar-refractivity contribution in [1.29, 1.82) is 0 Å². The Morgan fingerprint density at radius 1 is 1.30 bits per heavy atom. The third kappa shape index (κ3) is 5.36. The molecule has 2 N–H and O–H groups in total. The van der Waals surface area contributed by atoms with Crippen LogP contribution in [0, 0.1) is 5.92 Å². The molecule has 1 fully saturated rings. The Balaban J connectivity index is 2.45. The maximum absolute atomic E-state index is 11.7. The highest BCUT2D eigenvalue weighted by Gasteiger charge is 2.35. The highest BCUT2D eigenvalue weighted by atomic mass is 16.6. The molecule has 20 heavy (non-hydrogen) atoms. The van der Waals surface area contributed by atoms with Crippen LogP contribution in [0.15, 0.2) is 0 Å². The summed E-state index contributed by atoms with van der Waals surface area (Å²) in [7, 11) is 0. The van der Waals surface area contributed by atoms with E-state index in [0.717, 1.165) is 0 Å². The van der Waals surface area contributed by atoms with E-state index in [2.05, 4.69) is 5.32 Å². The van der Waals surface area contributed by atoms with Crippen LogP contribution in [0.1, 0.15) is 47.0 Å². The van der Waals surface area contributed by atoms with Crippen LogP contribution in [-0.4, -0.2) is 41.5 Å². The molecule has 1 aliphatic carbocycles. The summed E-state index contributed by atoms with van der Waals surface area (Å²) in [4.78, 5) is 23.3. The number of carbonyl (C=O) groups is 2. The largest absolute Gasteiger partial charge is 0.466 e. The maximum atomic E-state index is 11.7. The molecule has 3 atom stereocenters. The molecule has 6 heteroatoms. The fraction of sp³-hybridized carbons (Fsp3) is 0.857. The van der Waals surface area contributed by atoms with Crippen LogP contribution < -0.4 is 5.32 Å². The van der Waals surface area contributed by atoms with Crippen molar-refractivity contribution in [3.63, 3.8) is 0 Å². The lowest BCUT2D eigenvalue weighted by molar-refractivity contribution is -0.150. The number of amides is 1. The topological polar surface area (TPSA) is 84.9 Å². The summed E-state index contributed by atoms with van der Waals surface area (Å²) < 4.78 is 10.1. The summed E-state index contributed by atoms with van der Waals surface area (Å²) in [5.74, 6) is -0.566. The average molecular weight is 287 g/mol. The van der Waals surface area contributed by atoms with Crippen molar-refractivity contribution < 1.29 is 24.2 Å². The zero-order chi connectivity index (χ0) is 15.3. The zero-order valence-corrected chi connectivity index (χ0v) is 12.6. The third-order valence-electron chi connectivity index (χ3n) is 3.14. The fourth-order valence-electron chi connectivity index (χ4n) is 2.25. The van der Waals surface area contributed by atoms with Gasteiger partial charge in [0.25, 0.3) is 0 Å². The summed E-state index contributed by atoms with van der Waals surface area (Å²) in [6.45, 7) is 7.43. The highest BCUT2D eigenvalue weighted by Crippen LogP contribution is 2.26. The molecule has 0 aromatic heterocycles. The van der Waals surface area contributed by atoms with Gasteiger partial charge in [0.1, 0.15) is 5.60 Å². The van der Waals surface area contributed by atoms with Crippen LogP contribution >= 0.6 is 0 Å². The van der Waals surface area contributed by atoms with Crippen molar-refractivity contribution in [2.75, 3.05) is 6.61 Å². The number of aliphatic hydroxyl groups excluding tert-OH is 1. The molecule has 1 saturated carbocycles. The molecular formula is C14H25NO5. The van der Waals surface area contributed by atoms with Gasteiger partial charge >= 0.3 is 12.1 Å². The van der Waals surface area contributed by atoms with E-state index >= 15 is 0 Å². The SMILES string of the molecule is CCOC(=O)[C@H]1CC[C@H](NC(=O)OC(C)(C)C)[C@H](O)C1. The second kappa shape index (κ2) is 6.92. The minimum atomic E-state index is -0.759. The van der Waals surface area contributed by atoms with Crippen LogP contribution in [-0.2, 0) is 14.3 Å². The number of carbonyl (C=O) groups excluding carboxylic acids is 2. The van der Waals surface area contributed by atoms with Gasteiger partial charge in [0, 0.05) is 0 Å². The standard InChI is InChI=1S/C14H25NO5/c1-5-19-12(17)9-6-7-10(11(16)8-9)15-13(18)20-14(2,3)4/h9-11,16H,5-8H2,1-4H3,(H,15,18)/t9-,10-,11+/m0/s1. The number of hydrogen-bond donors (Lipinski definition) is 2.